The van der Waals surface area contributed by atoms with E-state index in [4.69, 9.17) is 4.74 Å². The first kappa shape index (κ1) is 16.4. The molecule has 4 rings (SSSR count). The molecule has 26 heavy (non-hydrogen) atoms. The van der Waals surface area contributed by atoms with E-state index in [0.29, 0.717) is 37.2 Å². The lowest BCUT2D eigenvalue weighted by Crippen LogP contribution is -2.61. The van der Waals surface area contributed by atoms with Gasteiger partial charge in [-0.25, -0.2) is 4.79 Å². The minimum Gasteiger partial charge on any atom is -0.467 e. The van der Waals surface area contributed by atoms with Gasteiger partial charge in [0.05, 0.1) is 5.56 Å². The summed E-state index contributed by atoms with van der Waals surface area (Å²) in [5.74, 6) is 0.484. The molecule has 6 nitrogen and oxygen atoms in total. The number of benzene rings is 2. The van der Waals surface area contributed by atoms with Crippen molar-refractivity contribution in [2.24, 2.45) is 0 Å². The number of aryl methyl sites for hydroxylation is 1. The minimum atomic E-state index is -0.730. The van der Waals surface area contributed by atoms with E-state index >= 15 is 0 Å². The molecular weight excluding hydrogens is 330 g/mol. The maximum atomic E-state index is 12.5. The summed E-state index contributed by atoms with van der Waals surface area (Å²) in [7, 11) is 0. The molecule has 134 valence electrons. The van der Waals surface area contributed by atoms with Gasteiger partial charge in [0.25, 0.3) is 5.91 Å². The smallest absolute Gasteiger partial charge is 0.321 e. The van der Waals surface area contributed by atoms with Crippen molar-refractivity contribution in [3.05, 3.63) is 59.7 Å². The summed E-state index contributed by atoms with van der Waals surface area (Å²) in [6.07, 6.45) is 1.10. The second-order valence-electron chi connectivity index (χ2n) is 6.83. The van der Waals surface area contributed by atoms with Crippen LogP contribution < -0.4 is 15.4 Å². The average molecular weight is 351 g/mol. The van der Waals surface area contributed by atoms with E-state index in [0.717, 1.165) is 11.3 Å². The number of rotatable bonds is 1. The van der Waals surface area contributed by atoms with Gasteiger partial charge in [0.1, 0.15) is 5.75 Å². The van der Waals surface area contributed by atoms with Crippen LogP contribution >= 0.6 is 0 Å². The van der Waals surface area contributed by atoms with Crippen molar-refractivity contribution in [1.29, 1.82) is 0 Å². The van der Waals surface area contributed by atoms with E-state index in [9.17, 15) is 9.59 Å². The minimum absolute atomic E-state index is 0.121. The first-order valence-corrected chi connectivity index (χ1v) is 8.78. The number of carbonyl (C=O) groups excluding carboxylic acids is 2. The Morgan fingerprint density at radius 2 is 1.81 bits per heavy atom. The molecular formula is C20H21N3O3. The number of carbonyl (C=O) groups is 2. The summed E-state index contributed by atoms with van der Waals surface area (Å²) in [6.45, 7) is 3.03. The van der Waals surface area contributed by atoms with E-state index in [2.05, 4.69) is 10.6 Å². The monoisotopic (exact) mass is 351 g/mol. The number of nitrogens with one attached hydrogen (secondary N) is 2. The molecule has 1 saturated heterocycles. The second-order valence-corrected chi connectivity index (χ2v) is 6.83. The van der Waals surface area contributed by atoms with Crippen molar-refractivity contribution in [2.75, 3.05) is 18.4 Å². The number of hydrogen-bond donors (Lipinski definition) is 2. The van der Waals surface area contributed by atoms with Gasteiger partial charge in [-0.1, -0.05) is 29.8 Å². The van der Waals surface area contributed by atoms with E-state index in [-0.39, 0.29) is 11.9 Å². The SMILES string of the molecule is Cc1ccc(NC(=O)N2CCC3(CC2)NC(=O)c2ccccc2O3)cc1. The lowest BCUT2D eigenvalue weighted by Gasteiger charge is -2.44. The van der Waals surface area contributed by atoms with Crippen molar-refractivity contribution in [1.82, 2.24) is 10.2 Å². The van der Waals surface area contributed by atoms with Gasteiger partial charge in [0.2, 0.25) is 0 Å². The van der Waals surface area contributed by atoms with Gasteiger partial charge >= 0.3 is 6.03 Å². The summed E-state index contributed by atoms with van der Waals surface area (Å²) >= 11 is 0. The van der Waals surface area contributed by atoms with Crippen LogP contribution in [0.4, 0.5) is 10.5 Å². The summed E-state index contributed by atoms with van der Waals surface area (Å²) in [5, 5.41) is 5.90. The zero-order valence-corrected chi connectivity index (χ0v) is 14.6. The highest BCUT2D eigenvalue weighted by Gasteiger charge is 2.43. The molecule has 2 aliphatic rings. The number of piperidine rings is 1. The molecule has 1 spiro atoms. The van der Waals surface area contributed by atoms with Gasteiger partial charge in [-0.3, -0.25) is 4.79 Å². The Morgan fingerprint density at radius 1 is 1.12 bits per heavy atom. The number of ether oxygens (including phenoxy) is 1. The molecule has 2 N–H and O–H groups in total. The number of urea groups is 1. The molecule has 2 aromatic carbocycles. The fourth-order valence-electron chi connectivity index (χ4n) is 3.39. The van der Waals surface area contributed by atoms with Gasteiger partial charge in [-0.2, -0.15) is 0 Å². The van der Waals surface area contributed by atoms with Crippen molar-refractivity contribution < 1.29 is 14.3 Å². The quantitative estimate of drug-likeness (QED) is 0.829. The Bertz CT molecular complexity index is 840. The molecule has 0 aliphatic carbocycles. The van der Waals surface area contributed by atoms with Crippen LogP contribution in [-0.2, 0) is 0 Å². The Labute approximate surface area is 152 Å². The normalized spacial score (nSPS) is 17.9. The Kier molecular flexibility index (Phi) is 4.03. The van der Waals surface area contributed by atoms with Crippen LogP contribution in [0.3, 0.4) is 0 Å². The Morgan fingerprint density at radius 3 is 2.54 bits per heavy atom. The van der Waals surface area contributed by atoms with Crippen LogP contribution in [0.5, 0.6) is 5.75 Å². The molecule has 0 unspecified atom stereocenters. The molecule has 1 fully saturated rings. The highest BCUT2D eigenvalue weighted by molar-refractivity contribution is 5.98. The molecule has 2 heterocycles. The first-order chi connectivity index (χ1) is 12.5. The molecule has 3 amide bonds. The maximum Gasteiger partial charge on any atom is 0.321 e. The number of hydrogen-bond acceptors (Lipinski definition) is 3. The van der Waals surface area contributed by atoms with E-state index in [1.54, 1.807) is 11.0 Å². The van der Waals surface area contributed by atoms with Crippen molar-refractivity contribution in [2.45, 2.75) is 25.5 Å². The Hall–Kier alpha value is -3.02. The van der Waals surface area contributed by atoms with Crippen LogP contribution in [0, 0.1) is 6.92 Å². The lowest BCUT2D eigenvalue weighted by atomic mass is 9.97. The molecule has 0 radical (unpaired) electrons. The van der Waals surface area contributed by atoms with E-state index in [1.165, 1.54) is 0 Å². The third-order valence-corrected chi connectivity index (χ3v) is 4.94. The van der Waals surface area contributed by atoms with E-state index in [1.807, 2.05) is 49.4 Å². The molecule has 0 saturated carbocycles. The van der Waals surface area contributed by atoms with Crippen LogP contribution in [0.25, 0.3) is 0 Å². The van der Waals surface area contributed by atoms with Crippen LogP contribution in [0.1, 0.15) is 28.8 Å². The predicted molar refractivity (Wildman–Crippen MR) is 98.3 cm³/mol. The standard InChI is InChI=1S/C20H21N3O3/c1-14-6-8-15(9-7-14)21-19(25)23-12-10-20(11-13-23)22-18(24)16-4-2-3-5-17(16)26-20/h2-9H,10-13H2,1H3,(H,21,25)(H,22,24). The summed E-state index contributed by atoms with van der Waals surface area (Å²) in [5.41, 5.74) is 1.74. The number of para-hydroxylation sites is 1. The zero-order valence-electron chi connectivity index (χ0n) is 14.6. The predicted octanol–water partition coefficient (Wildman–Crippen LogP) is 3.14. The fraction of sp³-hybridized carbons (Fsp3) is 0.300. The van der Waals surface area contributed by atoms with Gasteiger partial charge in [0, 0.05) is 31.6 Å². The molecule has 0 atom stereocenters. The van der Waals surface area contributed by atoms with Gasteiger partial charge in [-0.05, 0) is 31.2 Å². The van der Waals surface area contributed by atoms with Gasteiger partial charge in [0.15, 0.2) is 5.72 Å². The highest BCUT2D eigenvalue weighted by atomic mass is 16.5. The molecule has 6 heteroatoms. The molecule has 0 aromatic heterocycles. The third-order valence-electron chi connectivity index (χ3n) is 4.94. The number of nitrogens with zero attached hydrogens (tertiary/aromatic N) is 1. The largest absolute Gasteiger partial charge is 0.467 e. The van der Waals surface area contributed by atoms with Crippen LogP contribution in [0.15, 0.2) is 48.5 Å². The summed E-state index contributed by atoms with van der Waals surface area (Å²) in [6, 6.07) is 14.8. The van der Waals surface area contributed by atoms with E-state index < -0.39 is 5.72 Å². The van der Waals surface area contributed by atoms with Gasteiger partial charge in [-0.15, -0.1) is 0 Å². The van der Waals surface area contributed by atoms with Crippen molar-refractivity contribution >= 4 is 17.6 Å². The number of fused-ring (bicyclic) bond motifs is 1. The molecule has 2 aliphatic heterocycles. The Balaban J connectivity index is 1.40. The average Bonchev–Trinajstić information content (AvgIpc) is 2.64. The topological polar surface area (TPSA) is 70.7 Å². The number of anilines is 1. The zero-order chi connectivity index (χ0) is 18.1. The lowest BCUT2D eigenvalue weighted by molar-refractivity contribution is -0.0203. The fourth-order valence-corrected chi connectivity index (χ4v) is 3.39. The van der Waals surface area contributed by atoms with Crippen molar-refractivity contribution in [3.8, 4) is 5.75 Å². The maximum absolute atomic E-state index is 12.5. The first-order valence-electron chi connectivity index (χ1n) is 8.78. The number of amides is 3. The van der Waals surface area contributed by atoms with Gasteiger partial charge < -0.3 is 20.3 Å². The van der Waals surface area contributed by atoms with Crippen molar-refractivity contribution in [3.63, 3.8) is 0 Å². The summed E-state index contributed by atoms with van der Waals surface area (Å²) in [4.78, 5) is 26.6. The number of likely N-dealkylation sites (tertiary alicyclic amines) is 1. The molecule has 0 bridgehead atoms. The van der Waals surface area contributed by atoms with Crippen LogP contribution in [-0.4, -0.2) is 35.7 Å². The summed E-state index contributed by atoms with van der Waals surface area (Å²) < 4.78 is 6.10. The molecule has 2 aromatic rings. The second kappa shape index (κ2) is 6.37. The highest BCUT2D eigenvalue weighted by Crippen LogP contribution is 2.33. The van der Waals surface area contributed by atoms with Crippen LogP contribution in [0.2, 0.25) is 0 Å². The third kappa shape index (κ3) is 3.10.